The molecule has 3 rings (SSSR count). The number of aromatic amines is 1. The largest absolute Gasteiger partial charge is 0.354 e. The van der Waals surface area contributed by atoms with Crippen LogP contribution in [0.15, 0.2) is 24.5 Å². The van der Waals surface area contributed by atoms with Gasteiger partial charge in [-0.2, -0.15) is 0 Å². The van der Waals surface area contributed by atoms with Crippen LogP contribution in [0.2, 0.25) is 0 Å². The molecule has 1 unspecified atom stereocenters. The number of H-pyrrole nitrogens is 1. The number of carbonyl (C=O) groups excluding carboxylic acids is 2. The molecule has 128 valence electrons. The van der Waals surface area contributed by atoms with Gasteiger partial charge in [-0.05, 0) is 24.1 Å². The Morgan fingerprint density at radius 2 is 2.38 bits per heavy atom. The Morgan fingerprint density at radius 1 is 1.50 bits per heavy atom. The summed E-state index contributed by atoms with van der Waals surface area (Å²) in [5.41, 5.74) is 1.70. The van der Waals surface area contributed by atoms with Crippen LogP contribution in [-0.2, 0) is 16.0 Å². The molecule has 2 aromatic rings. The highest BCUT2D eigenvalue weighted by Crippen LogP contribution is 2.23. The standard InChI is InChI=1S/C17H22N4O2S/c1-2-3-6-19-17(23)14-10-24-11-21(14)15(22)8-12-9-20-16-13(12)5-4-7-18-16/h4-5,7,9,14H,2-3,6,8,10-11H2,1H3,(H,18,20)(H,19,23). The second-order valence-corrected chi connectivity index (χ2v) is 6.91. The van der Waals surface area contributed by atoms with Crippen LogP contribution >= 0.6 is 11.8 Å². The van der Waals surface area contributed by atoms with Gasteiger partial charge in [0, 0.05) is 30.1 Å². The molecule has 1 atom stereocenters. The van der Waals surface area contributed by atoms with Gasteiger partial charge in [0.05, 0.1) is 12.3 Å². The van der Waals surface area contributed by atoms with Crippen LogP contribution in [0.1, 0.15) is 25.3 Å². The zero-order valence-corrected chi connectivity index (χ0v) is 14.6. The highest BCUT2D eigenvalue weighted by Gasteiger charge is 2.34. The Balaban J connectivity index is 1.66. The van der Waals surface area contributed by atoms with Gasteiger partial charge in [0.1, 0.15) is 11.7 Å². The maximum atomic E-state index is 12.7. The minimum Gasteiger partial charge on any atom is -0.354 e. The Hall–Kier alpha value is -2.02. The van der Waals surface area contributed by atoms with E-state index in [0.717, 1.165) is 29.4 Å². The molecule has 1 aliphatic heterocycles. The number of nitrogens with one attached hydrogen (secondary N) is 2. The Bertz CT molecular complexity index is 730. The molecule has 0 radical (unpaired) electrons. The van der Waals surface area contributed by atoms with E-state index in [4.69, 9.17) is 0 Å². The van der Waals surface area contributed by atoms with Crippen molar-refractivity contribution in [1.82, 2.24) is 20.2 Å². The maximum Gasteiger partial charge on any atom is 0.243 e. The molecule has 0 spiro atoms. The molecule has 1 saturated heterocycles. The molecule has 3 heterocycles. The molecule has 24 heavy (non-hydrogen) atoms. The van der Waals surface area contributed by atoms with E-state index in [0.29, 0.717) is 18.2 Å². The van der Waals surface area contributed by atoms with E-state index in [9.17, 15) is 9.59 Å². The van der Waals surface area contributed by atoms with Gasteiger partial charge >= 0.3 is 0 Å². The monoisotopic (exact) mass is 346 g/mol. The number of aromatic nitrogens is 2. The first-order chi connectivity index (χ1) is 11.7. The Morgan fingerprint density at radius 3 is 3.21 bits per heavy atom. The summed E-state index contributed by atoms with van der Waals surface area (Å²) >= 11 is 1.63. The molecule has 0 saturated carbocycles. The molecular formula is C17H22N4O2S. The fourth-order valence-electron chi connectivity index (χ4n) is 2.84. The Kier molecular flexibility index (Phi) is 5.40. The lowest BCUT2D eigenvalue weighted by molar-refractivity contribution is -0.137. The number of unbranched alkanes of at least 4 members (excludes halogenated alkanes) is 1. The van der Waals surface area contributed by atoms with Crippen molar-refractivity contribution in [3.05, 3.63) is 30.1 Å². The van der Waals surface area contributed by atoms with Gasteiger partial charge < -0.3 is 15.2 Å². The van der Waals surface area contributed by atoms with Gasteiger partial charge in [-0.3, -0.25) is 9.59 Å². The first-order valence-corrected chi connectivity index (χ1v) is 9.42. The third kappa shape index (κ3) is 3.56. The van der Waals surface area contributed by atoms with Gasteiger partial charge in [0.25, 0.3) is 0 Å². The van der Waals surface area contributed by atoms with Crippen LogP contribution in [0.5, 0.6) is 0 Å². The third-order valence-electron chi connectivity index (χ3n) is 4.21. The summed E-state index contributed by atoms with van der Waals surface area (Å²) in [5.74, 6) is 1.19. The van der Waals surface area contributed by atoms with Crippen LogP contribution in [-0.4, -0.2) is 50.9 Å². The van der Waals surface area contributed by atoms with E-state index in [1.54, 1.807) is 22.9 Å². The van der Waals surface area contributed by atoms with Crippen molar-refractivity contribution in [2.24, 2.45) is 0 Å². The first kappa shape index (κ1) is 16.8. The molecule has 0 aromatic carbocycles. The number of carbonyl (C=O) groups is 2. The SMILES string of the molecule is CCCCNC(=O)C1CSCN1C(=O)Cc1c[nH]c2ncccc12. The minimum absolute atomic E-state index is 0.0135. The zero-order valence-electron chi connectivity index (χ0n) is 13.7. The first-order valence-electron chi connectivity index (χ1n) is 8.26. The van der Waals surface area contributed by atoms with Crippen LogP contribution in [0.3, 0.4) is 0 Å². The van der Waals surface area contributed by atoms with Crippen molar-refractivity contribution >= 4 is 34.6 Å². The van der Waals surface area contributed by atoms with Gasteiger partial charge in [0.2, 0.25) is 11.8 Å². The van der Waals surface area contributed by atoms with E-state index in [1.165, 1.54) is 0 Å². The van der Waals surface area contributed by atoms with Crippen molar-refractivity contribution in [3.8, 4) is 0 Å². The van der Waals surface area contributed by atoms with Gasteiger partial charge in [0.15, 0.2) is 0 Å². The number of nitrogens with zero attached hydrogens (tertiary/aromatic N) is 2. The van der Waals surface area contributed by atoms with Gasteiger partial charge in [-0.15, -0.1) is 11.8 Å². The van der Waals surface area contributed by atoms with Crippen LogP contribution in [0.4, 0.5) is 0 Å². The summed E-state index contributed by atoms with van der Waals surface area (Å²) in [6.45, 7) is 2.76. The molecule has 7 heteroatoms. The lowest BCUT2D eigenvalue weighted by Crippen LogP contribution is -2.47. The second kappa shape index (κ2) is 7.70. The molecule has 2 aromatic heterocycles. The summed E-state index contributed by atoms with van der Waals surface area (Å²) in [6.07, 6.45) is 5.83. The lowest BCUT2D eigenvalue weighted by atomic mass is 10.1. The number of fused-ring (bicyclic) bond motifs is 1. The molecule has 0 bridgehead atoms. The number of hydrogen-bond donors (Lipinski definition) is 2. The zero-order chi connectivity index (χ0) is 16.9. The van der Waals surface area contributed by atoms with Crippen molar-refractivity contribution in [3.63, 3.8) is 0 Å². The van der Waals surface area contributed by atoms with Crippen molar-refractivity contribution < 1.29 is 9.59 Å². The van der Waals surface area contributed by atoms with Crippen molar-refractivity contribution in [1.29, 1.82) is 0 Å². The average Bonchev–Trinajstić information content (AvgIpc) is 3.22. The Labute approximate surface area is 145 Å². The second-order valence-electron chi connectivity index (χ2n) is 5.91. The maximum absolute atomic E-state index is 12.7. The van der Waals surface area contributed by atoms with E-state index in [-0.39, 0.29) is 24.3 Å². The van der Waals surface area contributed by atoms with Crippen LogP contribution in [0, 0.1) is 0 Å². The highest BCUT2D eigenvalue weighted by molar-refractivity contribution is 7.99. The highest BCUT2D eigenvalue weighted by atomic mass is 32.2. The summed E-state index contributed by atoms with van der Waals surface area (Å²) in [6, 6.07) is 3.46. The summed E-state index contributed by atoms with van der Waals surface area (Å²) < 4.78 is 0. The molecule has 1 aliphatic rings. The molecule has 2 N–H and O–H groups in total. The number of rotatable bonds is 6. The number of pyridine rings is 1. The van der Waals surface area contributed by atoms with Gasteiger partial charge in [-0.25, -0.2) is 4.98 Å². The molecule has 0 aliphatic carbocycles. The van der Waals surface area contributed by atoms with Gasteiger partial charge in [-0.1, -0.05) is 13.3 Å². The average molecular weight is 346 g/mol. The fraction of sp³-hybridized carbons (Fsp3) is 0.471. The van der Waals surface area contributed by atoms with E-state index in [2.05, 4.69) is 22.2 Å². The third-order valence-corrected chi connectivity index (χ3v) is 5.23. The topological polar surface area (TPSA) is 78.1 Å². The normalized spacial score (nSPS) is 17.4. The van der Waals surface area contributed by atoms with E-state index < -0.39 is 0 Å². The minimum atomic E-state index is -0.359. The predicted octanol–water partition coefficient (Wildman–Crippen LogP) is 1.92. The summed E-state index contributed by atoms with van der Waals surface area (Å²) in [5, 5.41) is 3.90. The summed E-state index contributed by atoms with van der Waals surface area (Å²) in [7, 11) is 0. The van der Waals surface area contributed by atoms with Crippen LogP contribution in [0.25, 0.3) is 11.0 Å². The fourth-order valence-corrected chi connectivity index (χ4v) is 4.02. The molecule has 6 nitrogen and oxygen atoms in total. The lowest BCUT2D eigenvalue weighted by Gasteiger charge is -2.23. The van der Waals surface area contributed by atoms with E-state index >= 15 is 0 Å². The van der Waals surface area contributed by atoms with E-state index in [1.807, 2.05) is 18.3 Å². The van der Waals surface area contributed by atoms with Crippen molar-refractivity contribution in [2.45, 2.75) is 32.2 Å². The van der Waals surface area contributed by atoms with Crippen molar-refractivity contribution in [2.75, 3.05) is 18.2 Å². The smallest absolute Gasteiger partial charge is 0.243 e. The quantitative estimate of drug-likeness (QED) is 0.784. The number of hydrogen-bond acceptors (Lipinski definition) is 4. The number of thioether (sulfide) groups is 1. The van der Waals surface area contributed by atoms with Crippen LogP contribution < -0.4 is 5.32 Å². The number of amides is 2. The summed E-state index contributed by atoms with van der Waals surface area (Å²) in [4.78, 5) is 34.0. The molecule has 1 fully saturated rings. The molecule has 2 amide bonds. The predicted molar refractivity (Wildman–Crippen MR) is 95.7 cm³/mol. The molecular weight excluding hydrogens is 324 g/mol.